The monoisotopic (exact) mass is 173 g/mol. The summed E-state index contributed by atoms with van der Waals surface area (Å²) >= 11 is 0. The Hall–Kier alpha value is -0.770. The molecule has 0 radical (unpaired) electrons. The van der Waals surface area contributed by atoms with Gasteiger partial charge in [0.2, 0.25) is 0 Å². The SMILES string of the molecule is CNCCNC(N(C)C)=[N+](C)C. The van der Waals surface area contributed by atoms with Crippen molar-refractivity contribution in [1.29, 1.82) is 0 Å². The second-order valence-corrected chi connectivity index (χ2v) is 3.14. The first-order valence-electron chi connectivity index (χ1n) is 4.19. The van der Waals surface area contributed by atoms with Crippen LogP contribution in [0.3, 0.4) is 0 Å². The van der Waals surface area contributed by atoms with E-state index in [9.17, 15) is 0 Å². The smallest absolute Gasteiger partial charge is 0.317 e. The average Bonchev–Trinajstić information content (AvgIpc) is 1.96. The van der Waals surface area contributed by atoms with Gasteiger partial charge in [0.25, 0.3) is 0 Å². The highest BCUT2D eigenvalue weighted by molar-refractivity contribution is 5.74. The van der Waals surface area contributed by atoms with Crippen molar-refractivity contribution in [2.24, 2.45) is 0 Å². The molecule has 4 nitrogen and oxygen atoms in total. The number of likely N-dealkylation sites (N-methyl/N-ethyl adjacent to an activating group) is 1. The van der Waals surface area contributed by atoms with Gasteiger partial charge in [-0.3, -0.25) is 14.8 Å². The van der Waals surface area contributed by atoms with Gasteiger partial charge in [-0.25, -0.2) is 0 Å². The van der Waals surface area contributed by atoms with Gasteiger partial charge in [0.1, 0.15) is 0 Å². The molecular weight excluding hydrogens is 152 g/mol. The highest BCUT2D eigenvalue weighted by atomic mass is 15.3. The fourth-order valence-electron chi connectivity index (χ4n) is 1.02. The molecule has 0 aromatic heterocycles. The zero-order chi connectivity index (χ0) is 9.56. The van der Waals surface area contributed by atoms with E-state index in [1.165, 1.54) is 0 Å². The Morgan fingerprint density at radius 2 is 1.83 bits per heavy atom. The molecule has 0 spiro atoms. The molecule has 0 atom stereocenters. The molecule has 0 aromatic rings. The highest BCUT2D eigenvalue weighted by Crippen LogP contribution is 1.76. The molecule has 0 heterocycles. The molecule has 0 rings (SSSR count). The summed E-state index contributed by atoms with van der Waals surface area (Å²) in [5.41, 5.74) is 0. The Kier molecular flexibility index (Phi) is 5.45. The van der Waals surface area contributed by atoms with Crippen LogP contribution in [0.2, 0.25) is 0 Å². The van der Waals surface area contributed by atoms with Crippen molar-refractivity contribution in [3.05, 3.63) is 0 Å². The topological polar surface area (TPSA) is 30.3 Å². The Bertz CT molecular complexity index is 147. The lowest BCUT2D eigenvalue weighted by molar-refractivity contribution is -0.472. The van der Waals surface area contributed by atoms with Crippen molar-refractivity contribution < 1.29 is 4.58 Å². The lowest BCUT2D eigenvalue weighted by atomic mass is 10.6. The lowest BCUT2D eigenvalue weighted by Crippen LogP contribution is -2.44. The van der Waals surface area contributed by atoms with Crippen molar-refractivity contribution >= 4 is 5.96 Å². The van der Waals surface area contributed by atoms with E-state index in [2.05, 4.69) is 20.1 Å². The van der Waals surface area contributed by atoms with Gasteiger partial charge in [0, 0.05) is 6.54 Å². The summed E-state index contributed by atoms with van der Waals surface area (Å²) in [5, 5.41) is 6.41. The molecule has 0 unspecified atom stereocenters. The van der Waals surface area contributed by atoms with Gasteiger partial charge < -0.3 is 5.32 Å². The fourth-order valence-corrected chi connectivity index (χ4v) is 1.02. The third kappa shape index (κ3) is 4.18. The van der Waals surface area contributed by atoms with Crippen molar-refractivity contribution in [3.63, 3.8) is 0 Å². The van der Waals surface area contributed by atoms with Gasteiger partial charge in [-0.05, 0) is 7.05 Å². The van der Waals surface area contributed by atoms with Crippen LogP contribution in [0, 0.1) is 0 Å². The molecule has 0 saturated carbocycles. The third-order valence-electron chi connectivity index (χ3n) is 1.51. The van der Waals surface area contributed by atoms with Crippen LogP contribution in [0.25, 0.3) is 0 Å². The van der Waals surface area contributed by atoms with Crippen LogP contribution in [0.15, 0.2) is 0 Å². The summed E-state index contributed by atoms with van der Waals surface area (Å²) in [6, 6.07) is 0. The number of hydrogen-bond donors (Lipinski definition) is 2. The molecule has 0 fully saturated rings. The molecule has 0 aromatic carbocycles. The largest absolute Gasteiger partial charge is 0.347 e. The number of nitrogens with one attached hydrogen (secondary N) is 2. The molecule has 12 heavy (non-hydrogen) atoms. The summed E-state index contributed by atoms with van der Waals surface area (Å²) < 4.78 is 2.07. The Labute approximate surface area is 75.3 Å². The van der Waals surface area contributed by atoms with Gasteiger partial charge in [0.05, 0.1) is 34.7 Å². The van der Waals surface area contributed by atoms with Gasteiger partial charge >= 0.3 is 5.96 Å². The van der Waals surface area contributed by atoms with E-state index < -0.39 is 0 Å². The van der Waals surface area contributed by atoms with Crippen LogP contribution in [0.5, 0.6) is 0 Å². The maximum atomic E-state index is 3.33. The van der Waals surface area contributed by atoms with E-state index >= 15 is 0 Å². The summed E-state index contributed by atoms with van der Waals surface area (Å²) in [7, 11) is 10.1. The first kappa shape index (κ1) is 11.2. The van der Waals surface area contributed by atoms with Crippen molar-refractivity contribution in [1.82, 2.24) is 15.5 Å². The zero-order valence-electron chi connectivity index (χ0n) is 8.81. The van der Waals surface area contributed by atoms with E-state index in [4.69, 9.17) is 0 Å². The van der Waals surface area contributed by atoms with Crippen molar-refractivity contribution in [2.45, 2.75) is 0 Å². The third-order valence-corrected chi connectivity index (χ3v) is 1.51. The first-order valence-corrected chi connectivity index (χ1v) is 4.19. The predicted octanol–water partition coefficient (Wildman–Crippen LogP) is -1.01. The number of hydrogen-bond acceptors (Lipinski definition) is 1. The molecule has 2 N–H and O–H groups in total. The average molecular weight is 173 g/mol. The highest BCUT2D eigenvalue weighted by Gasteiger charge is 2.08. The van der Waals surface area contributed by atoms with Crippen LogP contribution < -0.4 is 10.6 Å². The molecule has 0 bridgehead atoms. The Balaban J connectivity index is 3.91. The summed E-state index contributed by atoms with van der Waals surface area (Å²) in [4.78, 5) is 2.07. The normalized spacial score (nSPS) is 9.42. The fraction of sp³-hybridized carbons (Fsp3) is 0.875. The molecule has 0 saturated heterocycles. The molecule has 0 aliphatic heterocycles. The van der Waals surface area contributed by atoms with Gasteiger partial charge in [-0.2, -0.15) is 0 Å². The molecule has 4 heteroatoms. The molecule has 72 valence electrons. The quantitative estimate of drug-likeness (QED) is 0.248. The van der Waals surface area contributed by atoms with E-state index in [0.717, 1.165) is 19.0 Å². The van der Waals surface area contributed by atoms with Gasteiger partial charge in [-0.15, -0.1) is 0 Å². The lowest BCUT2D eigenvalue weighted by Gasteiger charge is -2.12. The number of guanidine groups is 1. The van der Waals surface area contributed by atoms with Gasteiger partial charge in [0.15, 0.2) is 0 Å². The van der Waals surface area contributed by atoms with Crippen LogP contribution in [-0.4, -0.2) is 63.8 Å². The minimum Gasteiger partial charge on any atom is -0.317 e. The van der Waals surface area contributed by atoms with E-state index in [-0.39, 0.29) is 0 Å². The minimum absolute atomic E-state index is 0.947. The van der Waals surface area contributed by atoms with E-state index in [1.807, 2.05) is 35.2 Å². The standard InChI is InChI=1S/C8H20N4/c1-9-6-7-10-8(11(2)3)12(4)5/h9H,6-7H2,1-5H3/p+1. The molecular formula is C8H21N4+. The molecule has 0 aliphatic carbocycles. The minimum atomic E-state index is 0.947. The maximum absolute atomic E-state index is 3.33. The van der Waals surface area contributed by atoms with Gasteiger partial charge in [-0.1, -0.05) is 0 Å². The van der Waals surface area contributed by atoms with Crippen LogP contribution in [-0.2, 0) is 0 Å². The summed E-state index contributed by atoms with van der Waals surface area (Å²) in [5.74, 6) is 1.13. The Morgan fingerprint density at radius 1 is 1.25 bits per heavy atom. The van der Waals surface area contributed by atoms with Crippen LogP contribution in [0.4, 0.5) is 0 Å². The predicted molar refractivity (Wildman–Crippen MR) is 52.7 cm³/mol. The summed E-state index contributed by atoms with van der Waals surface area (Å²) in [6.07, 6.45) is 0. The Morgan fingerprint density at radius 3 is 2.17 bits per heavy atom. The van der Waals surface area contributed by atoms with Crippen molar-refractivity contribution in [2.75, 3.05) is 48.3 Å². The second-order valence-electron chi connectivity index (χ2n) is 3.14. The van der Waals surface area contributed by atoms with Crippen LogP contribution in [0.1, 0.15) is 0 Å². The maximum Gasteiger partial charge on any atom is 0.347 e. The summed E-state index contributed by atoms with van der Waals surface area (Å²) in [6.45, 7) is 1.92. The van der Waals surface area contributed by atoms with Crippen LogP contribution >= 0.6 is 0 Å². The van der Waals surface area contributed by atoms with Crippen molar-refractivity contribution in [3.8, 4) is 0 Å². The zero-order valence-corrected chi connectivity index (χ0v) is 8.81. The second kappa shape index (κ2) is 5.83. The number of nitrogens with zero attached hydrogens (tertiary/aromatic N) is 2. The first-order chi connectivity index (χ1) is 5.59. The number of rotatable bonds is 3. The molecule has 0 amide bonds. The van der Waals surface area contributed by atoms with E-state index in [0.29, 0.717) is 0 Å². The van der Waals surface area contributed by atoms with E-state index in [1.54, 1.807) is 0 Å². The molecule has 0 aliphatic rings.